The van der Waals surface area contributed by atoms with Gasteiger partial charge in [-0.05, 0) is 26.0 Å². The summed E-state index contributed by atoms with van der Waals surface area (Å²) in [6.07, 6.45) is 0. The van der Waals surface area contributed by atoms with E-state index in [0.717, 1.165) is 9.75 Å². The molecule has 0 saturated heterocycles. The Morgan fingerprint density at radius 1 is 1.64 bits per heavy atom. The van der Waals surface area contributed by atoms with Gasteiger partial charge < -0.3 is 10.1 Å². The zero-order chi connectivity index (χ0) is 10.6. The summed E-state index contributed by atoms with van der Waals surface area (Å²) in [5.74, 6) is -0.0207. The van der Waals surface area contributed by atoms with Gasteiger partial charge in [-0.1, -0.05) is 0 Å². The van der Waals surface area contributed by atoms with E-state index in [2.05, 4.69) is 5.32 Å². The van der Waals surface area contributed by atoms with E-state index in [1.54, 1.807) is 7.11 Å². The minimum Gasteiger partial charge on any atom is -0.383 e. The van der Waals surface area contributed by atoms with Gasteiger partial charge in [-0.3, -0.25) is 4.79 Å². The van der Waals surface area contributed by atoms with Crippen molar-refractivity contribution >= 4 is 17.2 Å². The normalized spacial score (nSPS) is 12.5. The summed E-state index contributed by atoms with van der Waals surface area (Å²) in [5.41, 5.74) is 0. The van der Waals surface area contributed by atoms with Crippen molar-refractivity contribution in [2.75, 3.05) is 13.7 Å². The summed E-state index contributed by atoms with van der Waals surface area (Å²) in [4.78, 5) is 13.5. The first-order valence-corrected chi connectivity index (χ1v) is 5.31. The minimum atomic E-state index is -0.0207. The second-order valence-electron chi connectivity index (χ2n) is 3.24. The lowest BCUT2D eigenvalue weighted by molar-refractivity contribution is 0.0909. The molecule has 0 aliphatic carbocycles. The van der Waals surface area contributed by atoms with E-state index in [1.165, 1.54) is 11.3 Å². The Hall–Kier alpha value is -0.870. The number of aryl methyl sites for hydroxylation is 1. The van der Waals surface area contributed by atoms with Gasteiger partial charge >= 0.3 is 0 Å². The molecule has 0 aliphatic heterocycles. The van der Waals surface area contributed by atoms with Crippen LogP contribution in [0.2, 0.25) is 0 Å². The zero-order valence-electron chi connectivity index (χ0n) is 8.66. The summed E-state index contributed by atoms with van der Waals surface area (Å²) in [5, 5.41) is 2.86. The molecule has 1 aromatic rings. The van der Waals surface area contributed by atoms with E-state index < -0.39 is 0 Å². The van der Waals surface area contributed by atoms with Crippen LogP contribution in [0.4, 0.5) is 0 Å². The molecule has 0 aliphatic rings. The van der Waals surface area contributed by atoms with E-state index >= 15 is 0 Å². The van der Waals surface area contributed by atoms with E-state index in [-0.39, 0.29) is 11.9 Å². The second-order valence-corrected chi connectivity index (χ2v) is 4.53. The average Bonchev–Trinajstić information content (AvgIpc) is 2.52. The number of nitrogens with one attached hydrogen (secondary N) is 1. The molecule has 0 aromatic carbocycles. The molecule has 14 heavy (non-hydrogen) atoms. The van der Waals surface area contributed by atoms with Gasteiger partial charge in [0, 0.05) is 18.0 Å². The number of thiophene rings is 1. The van der Waals surface area contributed by atoms with Crippen LogP contribution in [0.1, 0.15) is 21.5 Å². The van der Waals surface area contributed by atoms with Crippen molar-refractivity contribution in [2.45, 2.75) is 19.9 Å². The molecule has 0 fully saturated rings. The van der Waals surface area contributed by atoms with Crippen LogP contribution < -0.4 is 5.32 Å². The number of hydrogen-bond donors (Lipinski definition) is 1. The van der Waals surface area contributed by atoms with Gasteiger partial charge in [0.1, 0.15) is 0 Å². The highest BCUT2D eigenvalue weighted by Crippen LogP contribution is 2.14. The van der Waals surface area contributed by atoms with Crippen LogP contribution in [0.25, 0.3) is 0 Å². The SMILES string of the molecule is COC[C@H](C)NC(=O)c1ccc(C)s1. The first-order valence-electron chi connectivity index (χ1n) is 4.49. The standard InChI is InChI=1S/C10H15NO2S/c1-7(6-13-3)11-10(12)9-5-4-8(2)14-9/h4-5,7H,6H2,1-3H3,(H,11,12)/t7-/m0/s1. The van der Waals surface area contributed by atoms with Gasteiger partial charge in [-0.15, -0.1) is 11.3 Å². The van der Waals surface area contributed by atoms with Crippen LogP contribution in [0.5, 0.6) is 0 Å². The third-order valence-corrected chi connectivity index (χ3v) is 2.76. The maximum atomic E-state index is 11.6. The number of ether oxygens (including phenoxy) is 1. The van der Waals surface area contributed by atoms with Crippen molar-refractivity contribution in [3.05, 3.63) is 21.9 Å². The molecule has 1 aromatic heterocycles. The molecule has 0 bridgehead atoms. The number of methoxy groups -OCH3 is 1. The summed E-state index contributed by atoms with van der Waals surface area (Å²) in [7, 11) is 1.62. The lowest BCUT2D eigenvalue weighted by Gasteiger charge is -2.11. The molecular formula is C10H15NO2S. The molecule has 1 atom stereocenters. The van der Waals surface area contributed by atoms with Gasteiger partial charge in [-0.25, -0.2) is 0 Å². The van der Waals surface area contributed by atoms with E-state index in [1.807, 2.05) is 26.0 Å². The van der Waals surface area contributed by atoms with Crippen LogP contribution in [0, 0.1) is 6.92 Å². The molecule has 1 N–H and O–H groups in total. The van der Waals surface area contributed by atoms with Gasteiger partial charge in [-0.2, -0.15) is 0 Å². The molecule has 3 nitrogen and oxygen atoms in total. The highest BCUT2D eigenvalue weighted by atomic mass is 32.1. The van der Waals surface area contributed by atoms with Gasteiger partial charge in [0.15, 0.2) is 0 Å². The molecule has 4 heteroatoms. The fourth-order valence-electron chi connectivity index (χ4n) is 1.14. The molecule has 0 unspecified atom stereocenters. The third-order valence-electron chi connectivity index (χ3n) is 1.76. The number of rotatable bonds is 4. The van der Waals surface area contributed by atoms with Crippen molar-refractivity contribution in [3.63, 3.8) is 0 Å². The smallest absolute Gasteiger partial charge is 0.261 e. The molecule has 0 radical (unpaired) electrons. The Bertz CT molecular complexity index is 309. The van der Waals surface area contributed by atoms with Gasteiger partial charge in [0.05, 0.1) is 11.5 Å². The first-order chi connectivity index (χ1) is 6.63. The average molecular weight is 213 g/mol. The fraction of sp³-hybridized carbons (Fsp3) is 0.500. The lowest BCUT2D eigenvalue weighted by atomic mass is 10.3. The molecule has 1 rings (SSSR count). The number of carbonyl (C=O) groups is 1. The third kappa shape index (κ3) is 3.12. The summed E-state index contributed by atoms with van der Waals surface area (Å²) in [6, 6.07) is 3.84. The Morgan fingerprint density at radius 3 is 2.86 bits per heavy atom. The van der Waals surface area contributed by atoms with E-state index in [0.29, 0.717) is 6.61 Å². The Balaban J connectivity index is 2.50. The molecular weight excluding hydrogens is 198 g/mol. The molecule has 1 amide bonds. The van der Waals surface area contributed by atoms with Gasteiger partial charge in [0.25, 0.3) is 5.91 Å². The van der Waals surface area contributed by atoms with Crippen molar-refractivity contribution in [1.82, 2.24) is 5.32 Å². The van der Waals surface area contributed by atoms with Crippen LogP contribution in [0.3, 0.4) is 0 Å². The molecule has 78 valence electrons. The molecule has 0 spiro atoms. The van der Waals surface area contributed by atoms with Crippen LogP contribution in [-0.2, 0) is 4.74 Å². The summed E-state index contributed by atoms with van der Waals surface area (Å²) < 4.78 is 4.93. The fourth-order valence-corrected chi connectivity index (χ4v) is 1.91. The Labute approximate surface area is 88.1 Å². The van der Waals surface area contributed by atoms with E-state index in [4.69, 9.17) is 4.74 Å². The van der Waals surface area contributed by atoms with Crippen LogP contribution in [-0.4, -0.2) is 25.7 Å². The highest BCUT2D eigenvalue weighted by Gasteiger charge is 2.10. The first kappa shape index (κ1) is 11.2. The largest absolute Gasteiger partial charge is 0.383 e. The Kier molecular flexibility index (Phi) is 4.10. The van der Waals surface area contributed by atoms with Crippen LogP contribution in [0.15, 0.2) is 12.1 Å². The van der Waals surface area contributed by atoms with Gasteiger partial charge in [0.2, 0.25) is 0 Å². The predicted molar refractivity (Wildman–Crippen MR) is 57.9 cm³/mol. The van der Waals surface area contributed by atoms with Crippen molar-refractivity contribution in [3.8, 4) is 0 Å². The highest BCUT2D eigenvalue weighted by molar-refractivity contribution is 7.13. The second kappa shape index (κ2) is 5.12. The monoisotopic (exact) mass is 213 g/mol. The molecule has 0 saturated carbocycles. The Morgan fingerprint density at radius 2 is 2.36 bits per heavy atom. The number of carbonyl (C=O) groups excluding carboxylic acids is 1. The van der Waals surface area contributed by atoms with Crippen molar-refractivity contribution < 1.29 is 9.53 Å². The maximum absolute atomic E-state index is 11.6. The quantitative estimate of drug-likeness (QED) is 0.828. The number of amides is 1. The number of hydrogen-bond acceptors (Lipinski definition) is 3. The van der Waals surface area contributed by atoms with Crippen LogP contribution >= 0.6 is 11.3 Å². The summed E-state index contributed by atoms with van der Waals surface area (Å²) in [6.45, 7) is 4.44. The van der Waals surface area contributed by atoms with Crippen molar-refractivity contribution in [2.24, 2.45) is 0 Å². The van der Waals surface area contributed by atoms with Crippen molar-refractivity contribution in [1.29, 1.82) is 0 Å². The molecule has 1 heterocycles. The van der Waals surface area contributed by atoms with E-state index in [9.17, 15) is 4.79 Å². The minimum absolute atomic E-state index is 0.0207. The topological polar surface area (TPSA) is 38.3 Å². The lowest BCUT2D eigenvalue weighted by Crippen LogP contribution is -2.35. The predicted octanol–water partition coefficient (Wildman–Crippen LogP) is 1.82. The maximum Gasteiger partial charge on any atom is 0.261 e. The zero-order valence-corrected chi connectivity index (χ0v) is 9.48. The summed E-state index contributed by atoms with van der Waals surface area (Å²) >= 11 is 1.50.